The average molecular weight is 673 g/mol. The molecule has 10 aromatic carbocycles. The molecule has 10 aromatic rings. The summed E-state index contributed by atoms with van der Waals surface area (Å²) in [6.45, 7) is 4.77. The molecule has 1 aliphatic carbocycles. The average Bonchev–Trinajstić information content (AvgIpc) is 3.42. The van der Waals surface area contributed by atoms with Crippen molar-refractivity contribution in [1.29, 1.82) is 0 Å². The standard InChI is InChI=1S/C53H36/c1-53(2)49-32-37(25-26-42(49)47-29-35-15-5-6-16-36(35)31-50(47)53)40-28-38-17-7-8-18-41(38)48(30-40)52-45-21-11-9-19-43(45)51(44-20-10-12-22-46(44)52)39-24-23-33-13-3-4-14-34(33)27-39/h3-32H,1-2H3. The summed E-state index contributed by atoms with van der Waals surface area (Å²) in [5.74, 6) is 0. The molecule has 0 saturated heterocycles. The molecule has 1 aliphatic rings. The van der Waals surface area contributed by atoms with E-state index >= 15 is 0 Å². The quantitative estimate of drug-likeness (QED) is 0.164. The third-order valence-corrected chi connectivity index (χ3v) is 12.0. The van der Waals surface area contributed by atoms with Crippen molar-refractivity contribution in [2.75, 3.05) is 0 Å². The largest absolute Gasteiger partial charge is 0.0616 e. The zero-order valence-corrected chi connectivity index (χ0v) is 29.8. The highest BCUT2D eigenvalue weighted by Gasteiger charge is 2.36. The maximum Gasteiger partial charge on any atom is 0.0159 e. The second-order valence-electron chi connectivity index (χ2n) is 15.3. The third kappa shape index (κ3) is 4.49. The van der Waals surface area contributed by atoms with Gasteiger partial charge in [-0.2, -0.15) is 0 Å². The van der Waals surface area contributed by atoms with E-state index in [1.807, 2.05) is 0 Å². The lowest BCUT2D eigenvalue weighted by Crippen LogP contribution is -2.15. The van der Waals surface area contributed by atoms with E-state index in [9.17, 15) is 0 Å². The molecular formula is C53H36. The van der Waals surface area contributed by atoms with Gasteiger partial charge in [-0.15, -0.1) is 0 Å². The minimum absolute atomic E-state index is 0.102. The van der Waals surface area contributed by atoms with Crippen LogP contribution in [0.15, 0.2) is 182 Å². The molecule has 0 spiro atoms. The van der Waals surface area contributed by atoms with Gasteiger partial charge in [0.25, 0.3) is 0 Å². The SMILES string of the molecule is CC1(C)c2cc(-c3cc(-c4c5ccccc5c(-c5ccc6ccccc6c5)c5ccccc45)c4ccccc4c3)ccc2-c2cc3ccccc3cc21. The van der Waals surface area contributed by atoms with E-state index in [-0.39, 0.29) is 5.41 Å². The van der Waals surface area contributed by atoms with Crippen molar-refractivity contribution in [2.24, 2.45) is 0 Å². The molecule has 0 heterocycles. The summed E-state index contributed by atoms with van der Waals surface area (Å²) < 4.78 is 0. The number of hydrogen-bond acceptors (Lipinski definition) is 0. The van der Waals surface area contributed by atoms with Gasteiger partial charge in [0.2, 0.25) is 0 Å². The fourth-order valence-electron chi connectivity index (χ4n) is 9.36. The maximum atomic E-state index is 2.47. The molecule has 0 heteroatoms. The molecule has 248 valence electrons. The van der Waals surface area contributed by atoms with Gasteiger partial charge in [0, 0.05) is 5.41 Å². The summed E-state index contributed by atoms with van der Waals surface area (Å²) in [7, 11) is 0. The van der Waals surface area contributed by atoms with Crippen molar-refractivity contribution in [3.63, 3.8) is 0 Å². The zero-order valence-electron chi connectivity index (χ0n) is 29.8. The fourth-order valence-corrected chi connectivity index (χ4v) is 9.36. The lowest BCUT2D eigenvalue weighted by molar-refractivity contribution is 0.661. The number of benzene rings is 10. The van der Waals surface area contributed by atoms with Crippen LogP contribution >= 0.6 is 0 Å². The highest BCUT2D eigenvalue weighted by Crippen LogP contribution is 2.52. The molecule has 0 N–H and O–H groups in total. The van der Waals surface area contributed by atoms with E-state index in [1.165, 1.54) is 109 Å². The monoisotopic (exact) mass is 672 g/mol. The van der Waals surface area contributed by atoms with Crippen LogP contribution in [0.2, 0.25) is 0 Å². The van der Waals surface area contributed by atoms with Crippen LogP contribution in [0.4, 0.5) is 0 Å². The molecule has 0 radical (unpaired) electrons. The molecule has 0 amide bonds. The Hall–Kier alpha value is -6.50. The Kier molecular flexibility index (Phi) is 6.40. The highest BCUT2D eigenvalue weighted by atomic mass is 14.4. The van der Waals surface area contributed by atoms with Crippen LogP contribution < -0.4 is 0 Å². The van der Waals surface area contributed by atoms with Gasteiger partial charge in [-0.25, -0.2) is 0 Å². The summed E-state index contributed by atoms with van der Waals surface area (Å²) in [5.41, 5.74) is 13.0. The van der Waals surface area contributed by atoms with Gasteiger partial charge in [-0.1, -0.05) is 159 Å². The second-order valence-corrected chi connectivity index (χ2v) is 15.3. The Morgan fingerprint density at radius 1 is 0.283 bits per heavy atom. The zero-order chi connectivity index (χ0) is 35.3. The van der Waals surface area contributed by atoms with E-state index in [4.69, 9.17) is 0 Å². The van der Waals surface area contributed by atoms with Crippen LogP contribution in [0, 0.1) is 0 Å². The van der Waals surface area contributed by atoms with Crippen molar-refractivity contribution in [3.05, 3.63) is 193 Å². The molecule has 0 unspecified atom stereocenters. The van der Waals surface area contributed by atoms with Gasteiger partial charge in [-0.3, -0.25) is 0 Å². The van der Waals surface area contributed by atoms with Crippen molar-refractivity contribution in [1.82, 2.24) is 0 Å². The maximum absolute atomic E-state index is 2.47. The summed E-state index contributed by atoms with van der Waals surface area (Å²) >= 11 is 0. The molecule has 11 rings (SSSR count). The molecule has 53 heavy (non-hydrogen) atoms. The van der Waals surface area contributed by atoms with E-state index in [1.54, 1.807) is 0 Å². The first-order valence-corrected chi connectivity index (χ1v) is 18.7. The summed E-state index contributed by atoms with van der Waals surface area (Å²) in [6, 6.07) is 68.1. The Morgan fingerprint density at radius 3 is 1.45 bits per heavy atom. The summed E-state index contributed by atoms with van der Waals surface area (Å²) in [4.78, 5) is 0. The van der Waals surface area contributed by atoms with E-state index in [0.29, 0.717) is 0 Å². The van der Waals surface area contributed by atoms with Crippen LogP contribution in [-0.4, -0.2) is 0 Å². The van der Waals surface area contributed by atoms with Crippen LogP contribution in [0.5, 0.6) is 0 Å². The summed E-state index contributed by atoms with van der Waals surface area (Å²) in [5, 5.41) is 12.7. The molecule has 0 saturated carbocycles. The van der Waals surface area contributed by atoms with Gasteiger partial charge in [0.1, 0.15) is 0 Å². The van der Waals surface area contributed by atoms with Crippen molar-refractivity contribution < 1.29 is 0 Å². The van der Waals surface area contributed by atoms with Gasteiger partial charge in [0.05, 0.1) is 0 Å². The Bertz CT molecular complexity index is 3080. The Labute approximate surface area is 309 Å². The van der Waals surface area contributed by atoms with Crippen LogP contribution in [-0.2, 0) is 5.41 Å². The second kappa shape index (κ2) is 11.2. The number of fused-ring (bicyclic) bond motifs is 8. The number of rotatable bonds is 3. The molecule has 0 aromatic heterocycles. The van der Waals surface area contributed by atoms with Crippen LogP contribution in [0.3, 0.4) is 0 Å². The Morgan fingerprint density at radius 2 is 0.774 bits per heavy atom. The predicted molar refractivity (Wildman–Crippen MR) is 228 cm³/mol. The molecule has 0 aliphatic heterocycles. The first-order chi connectivity index (χ1) is 26.0. The third-order valence-electron chi connectivity index (χ3n) is 12.0. The van der Waals surface area contributed by atoms with E-state index < -0.39 is 0 Å². The first-order valence-electron chi connectivity index (χ1n) is 18.7. The number of hydrogen-bond donors (Lipinski definition) is 0. The molecule has 0 bridgehead atoms. The van der Waals surface area contributed by atoms with Crippen molar-refractivity contribution >= 4 is 53.9 Å². The van der Waals surface area contributed by atoms with Gasteiger partial charge < -0.3 is 0 Å². The van der Waals surface area contributed by atoms with E-state index in [2.05, 4.69) is 196 Å². The highest BCUT2D eigenvalue weighted by molar-refractivity contribution is 6.24. The normalized spacial score (nSPS) is 13.2. The van der Waals surface area contributed by atoms with Gasteiger partial charge in [0.15, 0.2) is 0 Å². The molecule has 0 nitrogen and oxygen atoms in total. The van der Waals surface area contributed by atoms with Gasteiger partial charge >= 0.3 is 0 Å². The lowest BCUT2D eigenvalue weighted by atomic mass is 9.80. The topological polar surface area (TPSA) is 0 Å². The van der Waals surface area contributed by atoms with Crippen molar-refractivity contribution in [2.45, 2.75) is 19.3 Å². The van der Waals surface area contributed by atoms with Crippen LogP contribution in [0.25, 0.3) is 98.4 Å². The van der Waals surface area contributed by atoms with Crippen molar-refractivity contribution in [3.8, 4) is 44.5 Å². The van der Waals surface area contributed by atoms with E-state index in [0.717, 1.165) is 0 Å². The molecule has 0 atom stereocenters. The first kappa shape index (κ1) is 30.2. The molecular weight excluding hydrogens is 637 g/mol. The smallest absolute Gasteiger partial charge is 0.0159 e. The minimum Gasteiger partial charge on any atom is -0.0616 e. The van der Waals surface area contributed by atoms with Crippen LogP contribution in [0.1, 0.15) is 25.0 Å². The fraction of sp³-hybridized carbons (Fsp3) is 0.0566. The lowest BCUT2D eigenvalue weighted by Gasteiger charge is -2.23. The molecule has 0 fully saturated rings. The van der Waals surface area contributed by atoms with Gasteiger partial charge in [-0.05, 0) is 146 Å². The Balaban J connectivity index is 1.16. The minimum atomic E-state index is -0.102. The summed E-state index contributed by atoms with van der Waals surface area (Å²) in [6.07, 6.45) is 0. The predicted octanol–water partition coefficient (Wildman–Crippen LogP) is 14.8.